The van der Waals surface area contributed by atoms with Gasteiger partial charge in [-0.05, 0) is 43.9 Å². The predicted octanol–water partition coefficient (Wildman–Crippen LogP) is 2.43. The lowest BCUT2D eigenvalue weighted by molar-refractivity contribution is -0.0838. The highest BCUT2D eigenvalue weighted by Gasteiger charge is 2.35. The van der Waals surface area contributed by atoms with Crippen molar-refractivity contribution in [1.82, 2.24) is 10.6 Å². The Morgan fingerprint density at radius 3 is 2.50 bits per heavy atom. The monoisotopic (exact) mass is 312 g/mol. The minimum Gasteiger partial charge on any atom is -0.393 e. The average Bonchev–Trinajstić information content (AvgIpc) is 2.47. The summed E-state index contributed by atoms with van der Waals surface area (Å²) in [6, 6.07) is 0.115. The van der Waals surface area contributed by atoms with Crippen LogP contribution < -0.4 is 10.6 Å². The molecule has 0 aromatic heterocycles. The van der Waals surface area contributed by atoms with Crippen LogP contribution in [-0.4, -0.2) is 42.5 Å². The van der Waals surface area contributed by atoms with Crippen molar-refractivity contribution in [1.29, 1.82) is 0 Å². The van der Waals surface area contributed by atoms with Gasteiger partial charge in [0, 0.05) is 25.1 Å². The maximum Gasteiger partial charge on any atom is 0.315 e. The number of hydrogen-bond acceptors (Lipinski definition) is 3. The number of urea groups is 1. The van der Waals surface area contributed by atoms with E-state index in [9.17, 15) is 9.90 Å². The summed E-state index contributed by atoms with van der Waals surface area (Å²) in [5.74, 6) is 0.382. The molecule has 1 heterocycles. The lowest BCUT2D eigenvalue weighted by Gasteiger charge is -2.40. The van der Waals surface area contributed by atoms with Gasteiger partial charge in [-0.3, -0.25) is 0 Å². The molecule has 5 heteroatoms. The van der Waals surface area contributed by atoms with E-state index in [0.717, 1.165) is 45.1 Å². The number of carbonyl (C=O) groups excluding carboxylic acids is 1. The second-order valence-electron chi connectivity index (χ2n) is 7.92. The van der Waals surface area contributed by atoms with E-state index in [1.54, 1.807) is 0 Å². The van der Waals surface area contributed by atoms with Crippen molar-refractivity contribution in [2.45, 2.75) is 77.5 Å². The van der Waals surface area contributed by atoms with Crippen LogP contribution in [0.2, 0.25) is 0 Å². The van der Waals surface area contributed by atoms with E-state index in [1.807, 2.05) is 0 Å². The van der Waals surface area contributed by atoms with E-state index in [0.29, 0.717) is 12.5 Å². The molecule has 1 saturated heterocycles. The maximum atomic E-state index is 12.1. The molecular weight excluding hydrogens is 280 g/mol. The van der Waals surface area contributed by atoms with Crippen molar-refractivity contribution in [2.24, 2.45) is 11.3 Å². The van der Waals surface area contributed by atoms with Crippen molar-refractivity contribution in [3.8, 4) is 0 Å². The third-order valence-corrected chi connectivity index (χ3v) is 4.86. The van der Waals surface area contributed by atoms with E-state index in [4.69, 9.17) is 4.74 Å². The van der Waals surface area contributed by atoms with Gasteiger partial charge in [0.15, 0.2) is 0 Å². The summed E-state index contributed by atoms with van der Waals surface area (Å²) in [7, 11) is 0. The Morgan fingerprint density at radius 2 is 1.86 bits per heavy atom. The molecule has 2 fully saturated rings. The second kappa shape index (κ2) is 7.64. The molecule has 3 N–H and O–H groups in total. The first kappa shape index (κ1) is 17.5. The number of carbonyl (C=O) groups is 1. The zero-order chi connectivity index (χ0) is 16.2. The quantitative estimate of drug-likeness (QED) is 0.749. The van der Waals surface area contributed by atoms with Crippen LogP contribution in [0.1, 0.15) is 59.3 Å². The van der Waals surface area contributed by atoms with Crippen LogP contribution in [0.3, 0.4) is 0 Å². The summed E-state index contributed by atoms with van der Waals surface area (Å²) in [6.07, 6.45) is 5.50. The van der Waals surface area contributed by atoms with E-state index in [-0.39, 0.29) is 29.7 Å². The summed E-state index contributed by atoms with van der Waals surface area (Å²) in [6.45, 7) is 8.09. The van der Waals surface area contributed by atoms with Gasteiger partial charge in [0.2, 0.25) is 0 Å². The average molecular weight is 312 g/mol. The Labute approximate surface area is 134 Å². The number of aliphatic hydroxyl groups is 1. The molecule has 2 aliphatic rings. The van der Waals surface area contributed by atoms with Crippen LogP contribution >= 0.6 is 0 Å². The van der Waals surface area contributed by atoms with E-state index >= 15 is 0 Å². The standard InChI is InChI=1S/C17H32N2O3/c1-17(2,3)15-12(5-4-10-22-15)11-18-16(21)19-13-6-8-14(20)9-7-13/h12-15,20H,4-11H2,1-3H3,(H2,18,19,21). The smallest absolute Gasteiger partial charge is 0.315 e. The van der Waals surface area contributed by atoms with Crippen molar-refractivity contribution in [3.63, 3.8) is 0 Å². The van der Waals surface area contributed by atoms with Gasteiger partial charge in [-0.25, -0.2) is 4.79 Å². The summed E-state index contributed by atoms with van der Waals surface area (Å²) < 4.78 is 5.95. The first-order valence-electron chi connectivity index (χ1n) is 8.70. The molecule has 1 aliphatic carbocycles. The lowest BCUT2D eigenvalue weighted by Crippen LogP contribution is -2.49. The highest BCUT2D eigenvalue weighted by atomic mass is 16.5. The highest BCUT2D eigenvalue weighted by Crippen LogP contribution is 2.33. The van der Waals surface area contributed by atoms with Crippen LogP contribution in [0, 0.1) is 11.3 Å². The fraction of sp³-hybridized carbons (Fsp3) is 0.941. The third-order valence-electron chi connectivity index (χ3n) is 4.86. The molecule has 2 atom stereocenters. The highest BCUT2D eigenvalue weighted by molar-refractivity contribution is 5.74. The van der Waals surface area contributed by atoms with Gasteiger partial charge in [0.25, 0.3) is 0 Å². The van der Waals surface area contributed by atoms with Gasteiger partial charge >= 0.3 is 6.03 Å². The van der Waals surface area contributed by atoms with Crippen LogP contribution in [0.25, 0.3) is 0 Å². The molecule has 2 unspecified atom stereocenters. The molecule has 0 aromatic carbocycles. The van der Waals surface area contributed by atoms with E-state index in [1.165, 1.54) is 0 Å². The predicted molar refractivity (Wildman–Crippen MR) is 86.7 cm³/mol. The zero-order valence-electron chi connectivity index (χ0n) is 14.2. The maximum absolute atomic E-state index is 12.1. The molecule has 0 aromatic rings. The molecule has 0 bridgehead atoms. The fourth-order valence-corrected chi connectivity index (χ4v) is 3.69. The zero-order valence-corrected chi connectivity index (χ0v) is 14.2. The minimum absolute atomic E-state index is 0.0837. The number of hydrogen-bond donors (Lipinski definition) is 3. The number of rotatable bonds is 3. The van der Waals surface area contributed by atoms with Gasteiger partial charge in [0.1, 0.15) is 0 Å². The van der Waals surface area contributed by atoms with Crippen molar-refractivity contribution in [2.75, 3.05) is 13.2 Å². The largest absolute Gasteiger partial charge is 0.393 e. The summed E-state index contributed by atoms with van der Waals surface area (Å²) in [4.78, 5) is 12.1. The normalized spacial score (nSPS) is 33.3. The van der Waals surface area contributed by atoms with E-state index in [2.05, 4.69) is 31.4 Å². The number of ether oxygens (including phenoxy) is 1. The molecular formula is C17H32N2O3. The summed E-state index contributed by atoms with van der Waals surface area (Å²) in [5.41, 5.74) is 0.1000. The van der Waals surface area contributed by atoms with Crippen LogP contribution in [0.15, 0.2) is 0 Å². The van der Waals surface area contributed by atoms with Crippen molar-refractivity contribution in [3.05, 3.63) is 0 Å². The molecule has 22 heavy (non-hydrogen) atoms. The van der Waals surface area contributed by atoms with Crippen LogP contribution in [-0.2, 0) is 4.74 Å². The van der Waals surface area contributed by atoms with Gasteiger partial charge in [0.05, 0.1) is 12.2 Å². The van der Waals surface area contributed by atoms with Gasteiger partial charge < -0.3 is 20.5 Å². The SMILES string of the molecule is CC(C)(C)C1OCCCC1CNC(=O)NC1CCC(O)CC1. The molecule has 5 nitrogen and oxygen atoms in total. The molecule has 1 aliphatic heterocycles. The van der Waals surface area contributed by atoms with Crippen LogP contribution in [0.5, 0.6) is 0 Å². The first-order valence-corrected chi connectivity index (χ1v) is 8.70. The molecule has 2 rings (SSSR count). The number of aliphatic hydroxyl groups excluding tert-OH is 1. The topological polar surface area (TPSA) is 70.6 Å². The minimum atomic E-state index is -0.187. The second-order valence-corrected chi connectivity index (χ2v) is 7.92. The molecule has 0 spiro atoms. The van der Waals surface area contributed by atoms with E-state index < -0.39 is 0 Å². The third kappa shape index (κ3) is 5.13. The van der Waals surface area contributed by atoms with Crippen LogP contribution in [0.4, 0.5) is 4.79 Å². The van der Waals surface area contributed by atoms with Crippen molar-refractivity contribution >= 4 is 6.03 Å². The molecule has 1 saturated carbocycles. The Morgan fingerprint density at radius 1 is 1.18 bits per heavy atom. The number of nitrogens with one attached hydrogen (secondary N) is 2. The molecule has 128 valence electrons. The Bertz CT molecular complexity index is 359. The Balaban J connectivity index is 1.75. The summed E-state index contributed by atoms with van der Waals surface area (Å²) >= 11 is 0. The van der Waals surface area contributed by atoms with Gasteiger partial charge in [-0.2, -0.15) is 0 Å². The Kier molecular flexibility index (Phi) is 6.09. The Hall–Kier alpha value is -0.810. The summed E-state index contributed by atoms with van der Waals surface area (Å²) in [5, 5.41) is 15.5. The fourth-order valence-electron chi connectivity index (χ4n) is 3.69. The number of amides is 2. The first-order chi connectivity index (χ1) is 10.4. The van der Waals surface area contributed by atoms with Gasteiger partial charge in [-0.1, -0.05) is 20.8 Å². The van der Waals surface area contributed by atoms with Crippen molar-refractivity contribution < 1.29 is 14.6 Å². The molecule has 0 radical (unpaired) electrons. The molecule has 2 amide bonds. The van der Waals surface area contributed by atoms with Gasteiger partial charge in [-0.15, -0.1) is 0 Å². The lowest BCUT2D eigenvalue weighted by atomic mass is 9.78.